The van der Waals surface area contributed by atoms with Crippen LogP contribution in [0, 0.1) is 5.82 Å². The van der Waals surface area contributed by atoms with Crippen molar-refractivity contribution in [3.05, 3.63) is 72.0 Å². The molecule has 0 saturated heterocycles. The number of thiazole rings is 1. The first-order chi connectivity index (χ1) is 13.5. The van der Waals surface area contributed by atoms with Crippen molar-refractivity contribution in [3.8, 4) is 0 Å². The number of aromatic nitrogens is 1. The molecule has 4 nitrogen and oxygen atoms in total. The summed E-state index contributed by atoms with van der Waals surface area (Å²) in [5.41, 5.74) is 0.930. The molecule has 4 aromatic rings. The van der Waals surface area contributed by atoms with E-state index in [4.69, 9.17) is 0 Å². The second-order valence-corrected chi connectivity index (χ2v) is 7.88. The lowest BCUT2D eigenvalue weighted by Crippen LogP contribution is -2.36. The molecule has 0 unspecified atom stereocenters. The maximum Gasteiger partial charge on any atom is 0.260 e. The molecule has 0 fully saturated rings. The first-order valence-corrected chi connectivity index (χ1v) is 9.85. The lowest BCUT2D eigenvalue weighted by atomic mass is 10.0. The number of likely N-dealkylation sites (N-methyl/N-ethyl adjacent to an activating group) is 1. The number of carbonyl (C=O) groups excluding carboxylic acids is 1. The Labute approximate surface area is 166 Å². The summed E-state index contributed by atoms with van der Waals surface area (Å²) in [6, 6.07) is 18.4. The zero-order valence-corrected chi connectivity index (χ0v) is 16.5. The number of rotatable bonds is 5. The third-order valence-electron chi connectivity index (χ3n) is 4.63. The standard InChI is InChI=1S/C22H20FN3OS/c1-25(2)13-14-26(22-24-20-18(23)11-6-12-19(20)28-22)21(27)17-10-5-8-15-7-3-4-9-16(15)17/h3-12H,13-14H2,1-2H3. The Balaban J connectivity index is 1.80. The van der Waals surface area contributed by atoms with Gasteiger partial charge in [0.25, 0.3) is 5.91 Å². The number of hydrogen-bond acceptors (Lipinski definition) is 4. The van der Waals surface area contributed by atoms with Crippen molar-refractivity contribution in [2.45, 2.75) is 0 Å². The summed E-state index contributed by atoms with van der Waals surface area (Å²) < 4.78 is 14.9. The van der Waals surface area contributed by atoms with Gasteiger partial charge >= 0.3 is 0 Å². The Hall–Kier alpha value is -2.83. The van der Waals surface area contributed by atoms with Crippen LogP contribution in [0.25, 0.3) is 21.0 Å². The van der Waals surface area contributed by atoms with Crippen LogP contribution in [0.4, 0.5) is 9.52 Å². The monoisotopic (exact) mass is 393 g/mol. The highest BCUT2D eigenvalue weighted by atomic mass is 32.1. The van der Waals surface area contributed by atoms with Gasteiger partial charge in [0.2, 0.25) is 0 Å². The average molecular weight is 393 g/mol. The maximum absolute atomic E-state index is 14.1. The topological polar surface area (TPSA) is 36.4 Å². The van der Waals surface area contributed by atoms with Gasteiger partial charge < -0.3 is 4.90 Å². The minimum Gasteiger partial charge on any atom is -0.308 e. The summed E-state index contributed by atoms with van der Waals surface area (Å²) in [6.07, 6.45) is 0. The van der Waals surface area contributed by atoms with Crippen molar-refractivity contribution in [1.82, 2.24) is 9.88 Å². The second kappa shape index (κ2) is 7.66. The summed E-state index contributed by atoms with van der Waals surface area (Å²) >= 11 is 1.34. The normalized spacial score (nSPS) is 11.4. The van der Waals surface area contributed by atoms with Crippen molar-refractivity contribution >= 4 is 43.4 Å². The first kappa shape index (κ1) is 18.5. The number of fused-ring (bicyclic) bond motifs is 2. The molecule has 0 N–H and O–H groups in total. The van der Waals surface area contributed by atoms with E-state index in [1.54, 1.807) is 11.0 Å². The van der Waals surface area contributed by atoms with Gasteiger partial charge in [0.15, 0.2) is 5.13 Å². The van der Waals surface area contributed by atoms with E-state index < -0.39 is 0 Å². The van der Waals surface area contributed by atoms with Gasteiger partial charge in [-0.1, -0.05) is 53.8 Å². The van der Waals surface area contributed by atoms with Crippen LogP contribution in [0.3, 0.4) is 0 Å². The van der Waals surface area contributed by atoms with Crippen LogP contribution in [0.2, 0.25) is 0 Å². The summed E-state index contributed by atoms with van der Waals surface area (Å²) in [5.74, 6) is -0.497. The molecule has 0 radical (unpaired) electrons. The van der Waals surface area contributed by atoms with Crippen LogP contribution >= 0.6 is 11.3 Å². The lowest BCUT2D eigenvalue weighted by Gasteiger charge is -2.22. The molecule has 28 heavy (non-hydrogen) atoms. The predicted molar refractivity (Wildman–Crippen MR) is 114 cm³/mol. The zero-order valence-electron chi connectivity index (χ0n) is 15.7. The molecule has 0 spiro atoms. The SMILES string of the molecule is CN(C)CCN(C(=O)c1cccc2ccccc12)c1nc2c(F)cccc2s1. The highest BCUT2D eigenvalue weighted by Gasteiger charge is 2.23. The van der Waals surface area contributed by atoms with E-state index in [1.807, 2.05) is 67.5 Å². The Morgan fingerprint density at radius 2 is 1.75 bits per heavy atom. The van der Waals surface area contributed by atoms with Gasteiger partial charge in [0.05, 0.1) is 4.70 Å². The quantitative estimate of drug-likeness (QED) is 0.489. The van der Waals surface area contributed by atoms with Crippen LogP contribution < -0.4 is 4.90 Å². The number of anilines is 1. The van der Waals surface area contributed by atoms with E-state index >= 15 is 0 Å². The van der Waals surface area contributed by atoms with Crippen LogP contribution in [-0.4, -0.2) is 43.0 Å². The Bertz CT molecular complexity index is 1150. The van der Waals surface area contributed by atoms with Gasteiger partial charge in [0, 0.05) is 18.7 Å². The van der Waals surface area contributed by atoms with Crippen molar-refractivity contribution in [2.75, 3.05) is 32.1 Å². The van der Waals surface area contributed by atoms with E-state index in [-0.39, 0.29) is 11.7 Å². The fourth-order valence-electron chi connectivity index (χ4n) is 3.16. The fraction of sp³-hybridized carbons (Fsp3) is 0.182. The number of benzene rings is 3. The third-order valence-corrected chi connectivity index (χ3v) is 5.67. The molecule has 0 aliphatic carbocycles. The number of para-hydroxylation sites is 1. The molecule has 0 aliphatic rings. The highest BCUT2D eigenvalue weighted by molar-refractivity contribution is 7.22. The number of carbonyl (C=O) groups is 1. The molecule has 0 aliphatic heterocycles. The molecule has 0 atom stereocenters. The van der Waals surface area contributed by atoms with Crippen LogP contribution in [0.5, 0.6) is 0 Å². The zero-order chi connectivity index (χ0) is 19.7. The molecule has 3 aromatic carbocycles. The molecule has 4 rings (SSSR count). The molecule has 142 valence electrons. The van der Waals surface area contributed by atoms with E-state index in [9.17, 15) is 9.18 Å². The molecule has 1 aromatic heterocycles. The molecular formula is C22H20FN3OS. The van der Waals surface area contributed by atoms with Gasteiger partial charge in [-0.25, -0.2) is 9.37 Å². The van der Waals surface area contributed by atoms with Gasteiger partial charge in [-0.05, 0) is 43.1 Å². The van der Waals surface area contributed by atoms with Crippen molar-refractivity contribution in [2.24, 2.45) is 0 Å². The van der Waals surface area contributed by atoms with Crippen LogP contribution in [0.1, 0.15) is 10.4 Å². The number of amides is 1. The number of halogens is 1. The van der Waals surface area contributed by atoms with Gasteiger partial charge in [-0.2, -0.15) is 0 Å². The summed E-state index contributed by atoms with van der Waals surface area (Å²) in [4.78, 5) is 21.6. The Kier molecular flexibility index (Phi) is 5.07. The summed E-state index contributed by atoms with van der Waals surface area (Å²) in [7, 11) is 3.91. The second-order valence-electron chi connectivity index (χ2n) is 6.87. The van der Waals surface area contributed by atoms with Crippen LogP contribution in [-0.2, 0) is 0 Å². The number of hydrogen-bond donors (Lipinski definition) is 0. The van der Waals surface area contributed by atoms with E-state index in [0.717, 1.165) is 15.5 Å². The first-order valence-electron chi connectivity index (χ1n) is 9.04. The summed E-state index contributed by atoms with van der Waals surface area (Å²) in [5, 5.41) is 2.42. The van der Waals surface area contributed by atoms with Crippen molar-refractivity contribution < 1.29 is 9.18 Å². The summed E-state index contributed by atoms with van der Waals surface area (Å²) in [6.45, 7) is 1.14. The Morgan fingerprint density at radius 1 is 1.00 bits per heavy atom. The minimum atomic E-state index is -0.370. The van der Waals surface area contributed by atoms with Gasteiger partial charge in [0.1, 0.15) is 11.3 Å². The Morgan fingerprint density at radius 3 is 2.54 bits per heavy atom. The van der Waals surface area contributed by atoms with E-state index in [1.165, 1.54) is 17.4 Å². The van der Waals surface area contributed by atoms with Gasteiger partial charge in [-0.15, -0.1) is 0 Å². The number of nitrogens with zero attached hydrogens (tertiary/aromatic N) is 3. The highest BCUT2D eigenvalue weighted by Crippen LogP contribution is 2.32. The van der Waals surface area contributed by atoms with Crippen molar-refractivity contribution in [1.29, 1.82) is 0 Å². The largest absolute Gasteiger partial charge is 0.308 e. The maximum atomic E-state index is 14.1. The molecule has 0 saturated carbocycles. The fourth-order valence-corrected chi connectivity index (χ4v) is 4.16. The van der Waals surface area contributed by atoms with Crippen LogP contribution in [0.15, 0.2) is 60.7 Å². The minimum absolute atomic E-state index is 0.127. The molecular weight excluding hydrogens is 373 g/mol. The van der Waals surface area contributed by atoms with Crippen molar-refractivity contribution in [3.63, 3.8) is 0 Å². The molecule has 0 bridgehead atoms. The molecule has 6 heteroatoms. The molecule has 1 amide bonds. The average Bonchev–Trinajstić information content (AvgIpc) is 3.12. The van der Waals surface area contributed by atoms with E-state index in [0.29, 0.717) is 29.3 Å². The molecule has 1 heterocycles. The lowest BCUT2D eigenvalue weighted by molar-refractivity contribution is 0.0987. The predicted octanol–water partition coefficient (Wildman–Crippen LogP) is 4.80. The third kappa shape index (κ3) is 3.48. The van der Waals surface area contributed by atoms with E-state index in [2.05, 4.69) is 4.98 Å². The smallest absolute Gasteiger partial charge is 0.260 e. The van der Waals surface area contributed by atoms with Gasteiger partial charge in [-0.3, -0.25) is 9.69 Å².